The van der Waals surface area contributed by atoms with E-state index in [4.69, 9.17) is 28.3 Å². The number of hydrogen-bond acceptors (Lipinski definition) is 4. The molecule has 1 heterocycles. The fraction of sp³-hybridized carbons (Fsp3) is 0. The van der Waals surface area contributed by atoms with E-state index >= 15 is 0 Å². The van der Waals surface area contributed by atoms with Crippen LogP contribution in [0.1, 0.15) is 10.4 Å². The first-order chi connectivity index (χ1) is 9.79. The molecule has 0 amide bonds. The van der Waals surface area contributed by atoms with E-state index in [0.717, 1.165) is 18.2 Å². The quantitative estimate of drug-likeness (QED) is 0.887. The van der Waals surface area contributed by atoms with Gasteiger partial charge in [-0.15, -0.1) is 0 Å². The fourth-order valence-electron chi connectivity index (χ4n) is 1.49. The molecule has 0 bridgehead atoms. The summed E-state index contributed by atoms with van der Waals surface area (Å²) in [6.07, 6.45) is 1.35. The number of rotatable bonds is 4. The lowest BCUT2D eigenvalue weighted by atomic mass is 10.2. The number of hydrogen-bond donors (Lipinski definition) is 2. The molecular formula is C12H8Cl2N2O4S. The Hall–Kier alpha value is -1.83. The van der Waals surface area contributed by atoms with E-state index in [2.05, 4.69) is 9.71 Å². The molecule has 1 aromatic carbocycles. The monoisotopic (exact) mass is 346 g/mol. The smallest absolute Gasteiger partial charge is 0.337 e. The Morgan fingerprint density at radius 3 is 2.48 bits per heavy atom. The molecule has 2 N–H and O–H groups in total. The van der Waals surface area contributed by atoms with Crippen LogP contribution in [0.4, 0.5) is 5.82 Å². The van der Waals surface area contributed by atoms with Crippen LogP contribution in [0.5, 0.6) is 0 Å². The fourth-order valence-corrected chi connectivity index (χ4v) is 3.00. The van der Waals surface area contributed by atoms with Crippen LogP contribution >= 0.6 is 23.2 Å². The Morgan fingerprint density at radius 2 is 1.90 bits per heavy atom. The maximum atomic E-state index is 12.1. The SMILES string of the molecule is O=C(O)c1ccc(S(=O)(=O)Nc2cc(Cl)ccn2)cc1Cl. The minimum absolute atomic E-state index is 0.0425. The molecule has 0 saturated carbocycles. The average molecular weight is 347 g/mol. The van der Waals surface area contributed by atoms with E-state index in [9.17, 15) is 13.2 Å². The average Bonchev–Trinajstić information content (AvgIpc) is 2.37. The summed E-state index contributed by atoms with van der Waals surface area (Å²) in [5.74, 6) is -1.20. The third kappa shape index (κ3) is 3.63. The predicted molar refractivity (Wildman–Crippen MR) is 78.5 cm³/mol. The number of carbonyl (C=O) groups is 1. The summed E-state index contributed by atoms with van der Waals surface area (Å²) in [7, 11) is -3.94. The van der Waals surface area contributed by atoms with Crippen LogP contribution in [0.3, 0.4) is 0 Å². The molecule has 0 aliphatic rings. The number of anilines is 1. The zero-order valence-electron chi connectivity index (χ0n) is 10.2. The summed E-state index contributed by atoms with van der Waals surface area (Å²) in [4.78, 5) is 14.5. The number of nitrogens with zero attached hydrogens (tertiary/aromatic N) is 1. The Balaban J connectivity index is 2.36. The number of nitrogens with one attached hydrogen (secondary N) is 1. The van der Waals surface area contributed by atoms with E-state index in [0.29, 0.717) is 5.02 Å². The Morgan fingerprint density at radius 1 is 1.19 bits per heavy atom. The van der Waals surface area contributed by atoms with Crippen LogP contribution in [-0.2, 0) is 10.0 Å². The summed E-state index contributed by atoms with van der Waals surface area (Å²) in [6.45, 7) is 0. The van der Waals surface area contributed by atoms with Crippen LogP contribution in [0, 0.1) is 0 Å². The molecule has 110 valence electrons. The highest BCUT2D eigenvalue weighted by Crippen LogP contribution is 2.23. The Kier molecular flexibility index (Phi) is 4.36. The number of carboxylic acid groups (broad SMARTS) is 1. The third-order valence-corrected chi connectivity index (χ3v) is 4.34. The molecule has 9 heteroatoms. The van der Waals surface area contributed by atoms with Crippen molar-refractivity contribution in [3.8, 4) is 0 Å². The number of pyridine rings is 1. The zero-order valence-corrected chi connectivity index (χ0v) is 12.6. The molecule has 0 fully saturated rings. The van der Waals surface area contributed by atoms with Gasteiger partial charge in [-0.05, 0) is 24.3 Å². The summed E-state index contributed by atoms with van der Waals surface area (Å²) in [5, 5.41) is 9.00. The van der Waals surface area contributed by atoms with Gasteiger partial charge >= 0.3 is 5.97 Å². The van der Waals surface area contributed by atoms with E-state index in [1.54, 1.807) is 0 Å². The van der Waals surface area contributed by atoms with Crippen LogP contribution in [-0.4, -0.2) is 24.5 Å². The van der Waals surface area contributed by atoms with E-state index < -0.39 is 16.0 Å². The van der Waals surface area contributed by atoms with Crippen molar-refractivity contribution in [3.63, 3.8) is 0 Å². The van der Waals surface area contributed by atoms with Crippen molar-refractivity contribution in [1.82, 2.24) is 4.98 Å². The first kappa shape index (κ1) is 15.6. The van der Waals surface area contributed by atoms with Crippen LogP contribution in [0.2, 0.25) is 10.0 Å². The van der Waals surface area contributed by atoms with Crippen molar-refractivity contribution in [1.29, 1.82) is 0 Å². The number of sulfonamides is 1. The highest BCUT2D eigenvalue weighted by atomic mass is 35.5. The molecule has 1 aromatic heterocycles. The second kappa shape index (κ2) is 5.88. The Labute approximate surface area is 130 Å². The van der Waals surface area contributed by atoms with Gasteiger partial charge < -0.3 is 5.11 Å². The number of aromatic nitrogens is 1. The van der Waals surface area contributed by atoms with Gasteiger partial charge in [-0.1, -0.05) is 23.2 Å². The summed E-state index contributed by atoms with van der Waals surface area (Å²) >= 11 is 11.5. The van der Waals surface area contributed by atoms with Crippen molar-refractivity contribution in [2.45, 2.75) is 4.90 Å². The van der Waals surface area contributed by atoms with Crippen molar-refractivity contribution < 1.29 is 18.3 Å². The van der Waals surface area contributed by atoms with Gasteiger partial charge in [0.05, 0.1) is 15.5 Å². The third-order valence-electron chi connectivity index (χ3n) is 2.44. The molecular weight excluding hydrogens is 339 g/mol. The topological polar surface area (TPSA) is 96.4 Å². The second-order valence-corrected chi connectivity index (χ2v) is 6.44. The van der Waals surface area contributed by atoms with Crippen molar-refractivity contribution in [2.75, 3.05) is 4.72 Å². The summed E-state index contributed by atoms with van der Waals surface area (Å²) in [5.41, 5.74) is -0.184. The maximum absolute atomic E-state index is 12.1. The highest BCUT2D eigenvalue weighted by molar-refractivity contribution is 7.92. The first-order valence-corrected chi connectivity index (χ1v) is 7.71. The van der Waals surface area contributed by atoms with Crippen molar-refractivity contribution in [2.24, 2.45) is 0 Å². The molecule has 0 unspecified atom stereocenters. The van der Waals surface area contributed by atoms with Crippen LogP contribution < -0.4 is 4.72 Å². The minimum Gasteiger partial charge on any atom is -0.478 e. The molecule has 0 atom stereocenters. The van der Waals surface area contributed by atoms with Gasteiger partial charge in [-0.2, -0.15) is 0 Å². The number of carboxylic acids is 1. The molecule has 21 heavy (non-hydrogen) atoms. The van der Waals surface area contributed by atoms with Gasteiger partial charge in [-0.25, -0.2) is 18.2 Å². The minimum atomic E-state index is -3.94. The molecule has 0 aliphatic heterocycles. The van der Waals surface area contributed by atoms with Gasteiger partial charge in [0.25, 0.3) is 10.0 Å². The highest BCUT2D eigenvalue weighted by Gasteiger charge is 2.18. The zero-order chi connectivity index (χ0) is 15.6. The summed E-state index contributed by atoms with van der Waals surface area (Å²) < 4.78 is 26.5. The Bertz CT molecular complexity index is 809. The van der Waals surface area contributed by atoms with E-state index in [1.807, 2.05) is 0 Å². The first-order valence-electron chi connectivity index (χ1n) is 5.47. The number of benzene rings is 1. The maximum Gasteiger partial charge on any atom is 0.337 e. The predicted octanol–water partition coefficient (Wildman–Crippen LogP) is 2.89. The second-order valence-electron chi connectivity index (χ2n) is 3.91. The molecule has 0 spiro atoms. The lowest BCUT2D eigenvalue weighted by molar-refractivity contribution is 0.0697. The van der Waals surface area contributed by atoms with Crippen molar-refractivity contribution >= 4 is 45.0 Å². The molecule has 0 radical (unpaired) electrons. The summed E-state index contributed by atoms with van der Waals surface area (Å²) in [6, 6.07) is 6.15. The molecule has 0 aliphatic carbocycles. The molecule has 2 rings (SSSR count). The van der Waals surface area contributed by atoms with Crippen LogP contribution in [0.15, 0.2) is 41.4 Å². The normalized spacial score (nSPS) is 11.1. The lowest BCUT2D eigenvalue weighted by Crippen LogP contribution is -2.14. The van der Waals surface area contributed by atoms with Gasteiger partial charge in [0.15, 0.2) is 0 Å². The van der Waals surface area contributed by atoms with E-state index in [1.165, 1.54) is 18.3 Å². The van der Waals surface area contributed by atoms with Gasteiger partial charge in [-0.3, -0.25) is 4.72 Å². The van der Waals surface area contributed by atoms with Crippen molar-refractivity contribution in [3.05, 3.63) is 52.1 Å². The number of halogens is 2. The molecule has 0 saturated heterocycles. The largest absolute Gasteiger partial charge is 0.478 e. The standard InChI is InChI=1S/C12H8Cl2N2O4S/c13-7-3-4-15-11(5-7)16-21(19,20)8-1-2-9(12(17)18)10(14)6-8/h1-6H,(H,15,16)(H,17,18). The molecule has 6 nitrogen and oxygen atoms in total. The van der Waals surface area contributed by atoms with Gasteiger partial charge in [0.1, 0.15) is 5.82 Å². The van der Waals surface area contributed by atoms with E-state index in [-0.39, 0.29) is 21.3 Å². The van der Waals surface area contributed by atoms with Gasteiger partial charge in [0.2, 0.25) is 0 Å². The molecule has 2 aromatic rings. The lowest BCUT2D eigenvalue weighted by Gasteiger charge is -2.08. The van der Waals surface area contributed by atoms with Gasteiger partial charge in [0, 0.05) is 17.3 Å². The number of aromatic carboxylic acids is 1. The van der Waals surface area contributed by atoms with Crippen LogP contribution in [0.25, 0.3) is 0 Å².